The Morgan fingerprint density at radius 3 is 2.55 bits per heavy atom. The first-order valence-electron chi connectivity index (χ1n) is 7.71. The van der Waals surface area contributed by atoms with Gasteiger partial charge < -0.3 is 0 Å². The molecule has 0 aromatic heterocycles. The highest BCUT2D eigenvalue weighted by Gasteiger charge is 2.20. The Morgan fingerprint density at radius 2 is 1.86 bits per heavy atom. The Labute approximate surface area is 133 Å². The van der Waals surface area contributed by atoms with Crippen molar-refractivity contribution in [3.05, 3.63) is 89.6 Å². The Morgan fingerprint density at radius 1 is 1.14 bits per heavy atom. The van der Waals surface area contributed by atoms with Crippen molar-refractivity contribution in [3.8, 4) is 0 Å². The van der Waals surface area contributed by atoms with Gasteiger partial charge in [-0.25, -0.2) is 0 Å². The van der Waals surface area contributed by atoms with Crippen molar-refractivity contribution in [1.29, 1.82) is 0 Å². The van der Waals surface area contributed by atoms with Gasteiger partial charge in [-0.3, -0.25) is 4.79 Å². The van der Waals surface area contributed by atoms with Crippen LogP contribution in [0.25, 0.3) is 6.08 Å². The standard InChI is InChI=1S/C21H22O/c1-3-5-10-17(4-2)15-19-13-9-14-20(21(19)22)16-18-11-7-6-8-12-18/h3-8,10-12,15-16H,1,9,13-14H2,2H3/b10-5-,17-4+,19-15+,20-16+. The van der Waals surface area contributed by atoms with E-state index in [-0.39, 0.29) is 5.78 Å². The van der Waals surface area contributed by atoms with Crippen molar-refractivity contribution in [2.75, 3.05) is 0 Å². The number of rotatable bonds is 4. The van der Waals surface area contributed by atoms with Gasteiger partial charge in [0.05, 0.1) is 0 Å². The first kappa shape index (κ1) is 16.0. The summed E-state index contributed by atoms with van der Waals surface area (Å²) < 4.78 is 0. The lowest BCUT2D eigenvalue weighted by molar-refractivity contribution is -0.112. The molecule has 0 bridgehead atoms. The molecule has 1 fully saturated rings. The summed E-state index contributed by atoms with van der Waals surface area (Å²) in [5.74, 6) is 0.182. The molecule has 0 saturated heterocycles. The number of hydrogen-bond donors (Lipinski definition) is 0. The van der Waals surface area contributed by atoms with E-state index < -0.39 is 0 Å². The molecule has 0 heterocycles. The van der Waals surface area contributed by atoms with Crippen LogP contribution in [-0.4, -0.2) is 5.78 Å². The first-order valence-corrected chi connectivity index (χ1v) is 7.71. The Balaban J connectivity index is 2.25. The smallest absolute Gasteiger partial charge is 0.185 e. The SMILES string of the molecule is C=C\C=C/C(=C\C)/C=C1\CCC/C(=C\c2ccccc2)C1=O. The van der Waals surface area contributed by atoms with Gasteiger partial charge in [0.25, 0.3) is 0 Å². The molecule has 1 aromatic rings. The van der Waals surface area contributed by atoms with Gasteiger partial charge in [0.15, 0.2) is 5.78 Å². The van der Waals surface area contributed by atoms with Crippen LogP contribution in [0.4, 0.5) is 0 Å². The second-order valence-electron chi connectivity index (χ2n) is 5.32. The molecule has 0 radical (unpaired) electrons. The zero-order valence-electron chi connectivity index (χ0n) is 13.1. The molecule has 1 saturated carbocycles. The number of benzene rings is 1. The fraction of sp³-hybridized carbons (Fsp3) is 0.190. The molecule has 0 amide bonds. The van der Waals surface area contributed by atoms with Crippen LogP contribution < -0.4 is 0 Å². The van der Waals surface area contributed by atoms with Crippen LogP contribution in [0.2, 0.25) is 0 Å². The average Bonchev–Trinajstić information content (AvgIpc) is 2.55. The molecule has 1 aliphatic carbocycles. The topological polar surface area (TPSA) is 17.1 Å². The molecular formula is C21H22O. The van der Waals surface area contributed by atoms with E-state index in [1.807, 2.05) is 67.6 Å². The lowest BCUT2D eigenvalue weighted by atomic mass is 9.86. The third-order valence-electron chi connectivity index (χ3n) is 3.71. The maximum absolute atomic E-state index is 12.6. The minimum absolute atomic E-state index is 0.182. The summed E-state index contributed by atoms with van der Waals surface area (Å²) in [5.41, 5.74) is 3.94. The third kappa shape index (κ3) is 4.29. The minimum Gasteiger partial charge on any atom is -0.289 e. The van der Waals surface area contributed by atoms with Gasteiger partial charge >= 0.3 is 0 Å². The van der Waals surface area contributed by atoms with Gasteiger partial charge in [0.2, 0.25) is 0 Å². The highest BCUT2D eigenvalue weighted by molar-refractivity contribution is 6.11. The quantitative estimate of drug-likeness (QED) is 0.533. The van der Waals surface area contributed by atoms with E-state index in [1.165, 1.54) is 0 Å². The van der Waals surface area contributed by atoms with Gasteiger partial charge in [-0.15, -0.1) is 0 Å². The van der Waals surface area contributed by atoms with E-state index in [0.29, 0.717) is 0 Å². The third-order valence-corrected chi connectivity index (χ3v) is 3.71. The van der Waals surface area contributed by atoms with Gasteiger partial charge in [-0.2, -0.15) is 0 Å². The van der Waals surface area contributed by atoms with Crippen LogP contribution in [0.3, 0.4) is 0 Å². The van der Waals surface area contributed by atoms with Crippen molar-refractivity contribution in [2.45, 2.75) is 26.2 Å². The summed E-state index contributed by atoms with van der Waals surface area (Å²) in [4.78, 5) is 12.6. The van der Waals surface area contributed by atoms with Crippen LogP contribution in [0.5, 0.6) is 0 Å². The molecule has 0 aliphatic heterocycles. The largest absolute Gasteiger partial charge is 0.289 e. The zero-order valence-corrected chi connectivity index (χ0v) is 13.1. The van der Waals surface area contributed by atoms with Crippen LogP contribution in [0.15, 0.2) is 84.0 Å². The molecule has 1 aromatic carbocycles. The maximum Gasteiger partial charge on any atom is 0.185 e. The van der Waals surface area contributed by atoms with Crippen molar-refractivity contribution >= 4 is 11.9 Å². The minimum atomic E-state index is 0.182. The Bertz CT molecular complexity index is 654. The van der Waals surface area contributed by atoms with Crippen LogP contribution in [0, 0.1) is 0 Å². The number of ketones is 1. The van der Waals surface area contributed by atoms with Crippen LogP contribution in [0.1, 0.15) is 31.7 Å². The van der Waals surface area contributed by atoms with Gasteiger partial charge in [0.1, 0.15) is 0 Å². The molecular weight excluding hydrogens is 268 g/mol. The van der Waals surface area contributed by atoms with E-state index in [2.05, 4.69) is 6.58 Å². The highest BCUT2D eigenvalue weighted by Crippen LogP contribution is 2.27. The Kier molecular flexibility index (Phi) is 5.91. The summed E-state index contributed by atoms with van der Waals surface area (Å²) >= 11 is 0. The fourth-order valence-corrected chi connectivity index (χ4v) is 2.54. The summed E-state index contributed by atoms with van der Waals surface area (Å²) in [5, 5.41) is 0. The average molecular weight is 290 g/mol. The molecule has 0 N–H and O–H groups in total. The van der Waals surface area contributed by atoms with Gasteiger partial charge in [-0.1, -0.05) is 61.2 Å². The molecule has 0 spiro atoms. The molecule has 1 heteroatoms. The summed E-state index contributed by atoms with van der Waals surface area (Å²) in [6.45, 7) is 5.66. The van der Waals surface area contributed by atoms with Crippen LogP contribution >= 0.6 is 0 Å². The van der Waals surface area contributed by atoms with E-state index in [4.69, 9.17) is 0 Å². The van der Waals surface area contributed by atoms with Crippen molar-refractivity contribution in [2.24, 2.45) is 0 Å². The molecule has 0 unspecified atom stereocenters. The van der Waals surface area contributed by atoms with E-state index in [1.54, 1.807) is 6.08 Å². The number of Topliss-reactive ketones (excluding diaryl/α,β-unsaturated/α-hetero) is 1. The molecule has 2 rings (SSSR count). The second-order valence-corrected chi connectivity index (χ2v) is 5.32. The normalized spacial score (nSPS) is 20.0. The van der Waals surface area contributed by atoms with E-state index in [0.717, 1.165) is 41.5 Å². The number of allylic oxidation sites excluding steroid dienone is 8. The Hall–Kier alpha value is -2.41. The molecule has 112 valence electrons. The van der Waals surface area contributed by atoms with Crippen molar-refractivity contribution in [1.82, 2.24) is 0 Å². The molecule has 0 atom stereocenters. The lowest BCUT2D eigenvalue weighted by Gasteiger charge is -2.16. The summed E-state index contributed by atoms with van der Waals surface area (Å²) in [6, 6.07) is 10.0. The van der Waals surface area contributed by atoms with Crippen molar-refractivity contribution in [3.63, 3.8) is 0 Å². The first-order chi connectivity index (χ1) is 10.7. The van der Waals surface area contributed by atoms with Gasteiger partial charge in [-0.05, 0) is 49.5 Å². The second kappa shape index (κ2) is 8.14. The van der Waals surface area contributed by atoms with E-state index >= 15 is 0 Å². The predicted molar refractivity (Wildman–Crippen MR) is 94.5 cm³/mol. The van der Waals surface area contributed by atoms with Crippen LogP contribution in [-0.2, 0) is 4.79 Å². The fourth-order valence-electron chi connectivity index (χ4n) is 2.54. The number of carbonyl (C=O) groups is 1. The zero-order chi connectivity index (χ0) is 15.8. The van der Waals surface area contributed by atoms with Gasteiger partial charge in [0, 0.05) is 11.1 Å². The van der Waals surface area contributed by atoms with E-state index in [9.17, 15) is 4.79 Å². The molecule has 1 nitrogen and oxygen atoms in total. The number of hydrogen-bond acceptors (Lipinski definition) is 1. The predicted octanol–water partition coefficient (Wildman–Crippen LogP) is 5.44. The number of carbonyl (C=O) groups excluding carboxylic acids is 1. The molecule has 22 heavy (non-hydrogen) atoms. The monoisotopic (exact) mass is 290 g/mol. The lowest BCUT2D eigenvalue weighted by Crippen LogP contribution is -2.12. The molecule has 1 aliphatic rings. The van der Waals surface area contributed by atoms with Crippen molar-refractivity contribution < 1.29 is 4.79 Å². The highest BCUT2D eigenvalue weighted by atomic mass is 16.1. The maximum atomic E-state index is 12.6. The summed E-state index contributed by atoms with van der Waals surface area (Å²) in [7, 11) is 0. The summed E-state index contributed by atoms with van der Waals surface area (Å²) in [6.07, 6.45) is 14.4.